The lowest BCUT2D eigenvalue weighted by Crippen LogP contribution is -2.40. The third kappa shape index (κ3) is 5.26. The number of benzene rings is 2. The molecule has 144 valence electrons. The molecule has 1 saturated heterocycles. The number of esters is 1. The molecular formula is C21H18FNO5. The van der Waals surface area contributed by atoms with E-state index in [2.05, 4.69) is 5.32 Å². The summed E-state index contributed by atoms with van der Waals surface area (Å²) in [5, 5.41) is 2.54. The Kier molecular flexibility index (Phi) is 6.16. The van der Waals surface area contributed by atoms with Gasteiger partial charge in [-0.1, -0.05) is 18.2 Å². The van der Waals surface area contributed by atoms with Crippen LogP contribution < -0.4 is 10.1 Å². The minimum atomic E-state index is -0.624. The van der Waals surface area contributed by atoms with Crippen molar-refractivity contribution in [2.24, 2.45) is 0 Å². The summed E-state index contributed by atoms with van der Waals surface area (Å²) >= 11 is 0. The second-order valence-corrected chi connectivity index (χ2v) is 6.14. The van der Waals surface area contributed by atoms with E-state index in [4.69, 9.17) is 9.47 Å². The van der Waals surface area contributed by atoms with Gasteiger partial charge in [-0.15, -0.1) is 0 Å². The van der Waals surface area contributed by atoms with Crippen LogP contribution in [-0.4, -0.2) is 36.9 Å². The van der Waals surface area contributed by atoms with Gasteiger partial charge in [0.1, 0.15) is 17.6 Å². The number of allylic oxidation sites excluding steroid dienone is 1. The third-order valence-corrected chi connectivity index (χ3v) is 4.06. The van der Waals surface area contributed by atoms with Gasteiger partial charge in [0.15, 0.2) is 12.4 Å². The quantitative estimate of drug-likeness (QED) is 0.451. The van der Waals surface area contributed by atoms with E-state index in [1.807, 2.05) is 0 Å². The topological polar surface area (TPSA) is 81.7 Å². The molecule has 0 bridgehead atoms. The third-order valence-electron chi connectivity index (χ3n) is 4.06. The molecule has 2 aromatic rings. The molecule has 0 aliphatic carbocycles. The maximum atomic E-state index is 13.1. The normalized spacial score (nSPS) is 16.0. The number of ether oxygens (including phenoxy) is 2. The molecule has 1 atom stereocenters. The van der Waals surface area contributed by atoms with Crippen LogP contribution in [0.25, 0.3) is 6.08 Å². The van der Waals surface area contributed by atoms with E-state index in [0.717, 1.165) is 0 Å². The Bertz CT molecular complexity index is 907. The van der Waals surface area contributed by atoms with Crippen molar-refractivity contribution in [1.82, 2.24) is 5.32 Å². The van der Waals surface area contributed by atoms with Gasteiger partial charge in [0.25, 0.3) is 5.91 Å². The van der Waals surface area contributed by atoms with Gasteiger partial charge in [-0.25, -0.2) is 9.18 Å². The first-order chi connectivity index (χ1) is 13.5. The first-order valence-electron chi connectivity index (χ1n) is 8.68. The molecule has 1 amide bonds. The first kappa shape index (κ1) is 19.3. The number of cyclic esters (lactones) is 1. The summed E-state index contributed by atoms with van der Waals surface area (Å²) in [5.74, 6) is -1.07. The molecule has 0 radical (unpaired) electrons. The van der Waals surface area contributed by atoms with E-state index in [0.29, 0.717) is 29.9 Å². The van der Waals surface area contributed by atoms with Crippen molar-refractivity contribution >= 4 is 23.7 Å². The van der Waals surface area contributed by atoms with Gasteiger partial charge in [-0.3, -0.25) is 9.59 Å². The van der Waals surface area contributed by atoms with E-state index in [1.165, 1.54) is 24.3 Å². The fraction of sp³-hybridized carbons (Fsp3) is 0.190. The smallest absolute Gasteiger partial charge is 0.328 e. The van der Waals surface area contributed by atoms with E-state index < -0.39 is 17.9 Å². The predicted molar refractivity (Wildman–Crippen MR) is 99.2 cm³/mol. The number of carbonyl (C=O) groups excluding carboxylic acids is 3. The number of carbonyl (C=O) groups is 3. The molecule has 0 unspecified atom stereocenters. The average Bonchev–Trinajstić information content (AvgIpc) is 3.09. The van der Waals surface area contributed by atoms with Gasteiger partial charge in [0, 0.05) is 12.0 Å². The largest absolute Gasteiger partial charge is 0.484 e. The van der Waals surface area contributed by atoms with Gasteiger partial charge in [0.2, 0.25) is 0 Å². The Morgan fingerprint density at radius 3 is 2.68 bits per heavy atom. The summed E-state index contributed by atoms with van der Waals surface area (Å²) in [6, 6.07) is 11.6. The highest BCUT2D eigenvalue weighted by molar-refractivity contribution is 6.06. The summed E-state index contributed by atoms with van der Waals surface area (Å²) in [5.41, 5.74) is 1.02. The van der Waals surface area contributed by atoms with Gasteiger partial charge in [-0.05, 0) is 48.0 Å². The van der Waals surface area contributed by atoms with E-state index in [1.54, 1.807) is 36.4 Å². The fourth-order valence-electron chi connectivity index (χ4n) is 2.61. The van der Waals surface area contributed by atoms with Crippen LogP contribution in [0.5, 0.6) is 5.75 Å². The van der Waals surface area contributed by atoms with Gasteiger partial charge in [-0.2, -0.15) is 0 Å². The van der Waals surface area contributed by atoms with Crippen molar-refractivity contribution in [2.45, 2.75) is 12.5 Å². The van der Waals surface area contributed by atoms with Gasteiger partial charge in [0.05, 0.1) is 6.61 Å². The Morgan fingerprint density at radius 1 is 1.21 bits per heavy atom. The van der Waals surface area contributed by atoms with Crippen molar-refractivity contribution in [1.29, 1.82) is 0 Å². The molecule has 2 aromatic carbocycles. The number of amides is 1. The standard InChI is InChI=1S/C21H18FNO5/c22-16-3-1-2-14(12-16)4-9-19(24)15-5-7-17(8-6-15)28-13-20(25)23-18-10-11-27-21(18)26/h1-9,12,18H,10-11,13H2,(H,23,25)/b9-4+/t18-/m0/s1. The van der Waals surface area contributed by atoms with E-state index >= 15 is 0 Å². The molecular weight excluding hydrogens is 365 g/mol. The zero-order chi connectivity index (χ0) is 19.9. The van der Waals surface area contributed by atoms with Crippen LogP contribution in [0, 0.1) is 5.82 Å². The van der Waals surface area contributed by atoms with Crippen LogP contribution in [0.3, 0.4) is 0 Å². The molecule has 28 heavy (non-hydrogen) atoms. The number of hydrogen-bond donors (Lipinski definition) is 1. The first-order valence-corrected chi connectivity index (χ1v) is 8.68. The molecule has 3 rings (SSSR count). The number of ketones is 1. The van der Waals surface area contributed by atoms with E-state index in [-0.39, 0.29) is 18.2 Å². The summed E-state index contributed by atoms with van der Waals surface area (Å²) in [4.78, 5) is 35.3. The average molecular weight is 383 g/mol. The highest BCUT2D eigenvalue weighted by Crippen LogP contribution is 2.14. The van der Waals surface area contributed by atoms with Crippen LogP contribution >= 0.6 is 0 Å². The Hall–Kier alpha value is -3.48. The maximum Gasteiger partial charge on any atom is 0.328 e. The summed E-state index contributed by atoms with van der Waals surface area (Å²) in [6.07, 6.45) is 3.34. The van der Waals surface area contributed by atoms with Crippen LogP contribution in [0.2, 0.25) is 0 Å². The summed E-state index contributed by atoms with van der Waals surface area (Å²) in [7, 11) is 0. The van der Waals surface area contributed by atoms with Crippen molar-refractivity contribution in [2.75, 3.05) is 13.2 Å². The Morgan fingerprint density at radius 2 is 2.00 bits per heavy atom. The van der Waals surface area contributed by atoms with Crippen LogP contribution in [0.4, 0.5) is 4.39 Å². The van der Waals surface area contributed by atoms with Crippen LogP contribution in [-0.2, 0) is 14.3 Å². The highest BCUT2D eigenvalue weighted by atomic mass is 19.1. The summed E-state index contributed by atoms with van der Waals surface area (Å²) in [6.45, 7) is 0.0460. The molecule has 0 aromatic heterocycles. The lowest BCUT2D eigenvalue weighted by Gasteiger charge is -2.10. The van der Waals surface area contributed by atoms with Crippen LogP contribution in [0.1, 0.15) is 22.3 Å². The minimum Gasteiger partial charge on any atom is -0.484 e. The molecule has 1 aliphatic heterocycles. The second kappa shape index (κ2) is 8.94. The molecule has 1 N–H and O–H groups in total. The van der Waals surface area contributed by atoms with Crippen molar-refractivity contribution < 1.29 is 28.2 Å². The second-order valence-electron chi connectivity index (χ2n) is 6.14. The van der Waals surface area contributed by atoms with Gasteiger partial charge >= 0.3 is 5.97 Å². The molecule has 7 heteroatoms. The van der Waals surface area contributed by atoms with Gasteiger partial charge < -0.3 is 14.8 Å². The number of nitrogens with one attached hydrogen (secondary N) is 1. The predicted octanol–water partition coefficient (Wildman–Crippen LogP) is 2.53. The number of hydrogen-bond acceptors (Lipinski definition) is 5. The fourth-order valence-corrected chi connectivity index (χ4v) is 2.61. The molecule has 1 heterocycles. The Balaban J connectivity index is 1.50. The Labute approximate surface area is 161 Å². The van der Waals surface area contributed by atoms with Crippen molar-refractivity contribution in [3.8, 4) is 5.75 Å². The molecule has 1 aliphatic rings. The highest BCUT2D eigenvalue weighted by Gasteiger charge is 2.27. The maximum absolute atomic E-state index is 13.1. The molecule has 6 nitrogen and oxygen atoms in total. The van der Waals surface area contributed by atoms with Crippen molar-refractivity contribution in [3.63, 3.8) is 0 Å². The zero-order valence-electron chi connectivity index (χ0n) is 14.9. The molecule has 0 spiro atoms. The minimum absolute atomic E-state index is 0.242. The molecule has 1 fully saturated rings. The SMILES string of the molecule is O=C(COc1ccc(C(=O)/C=C/c2cccc(F)c2)cc1)N[C@H]1CCOC1=O. The monoisotopic (exact) mass is 383 g/mol. The number of rotatable bonds is 7. The van der Waals surface area contributed by atoms with E-state index in [9.17, 15) is 18.8 Å². The van der Waals surface area contributed by atoms with Crippen LogP contribution in [0.15, 0.2) is 54.6 Å². The van der Waals surface area contributed by atoms with Crippen molar-refractivity contribution in [3.05, 3.63) is 71.6 Å². The zero-order valence-corrected chi connectivity index (χ0v) is 14.9. The summed E-state index contributed by atoms with van der Waals surface area (Å²) < 4.78 is 23.3. The molecule has 0 saturated carbocycles. The lowest BCUT2D eigenvalue weighted by molar-refractivity contribution is -0.141. The lowest BCUT2D eigenvalue weighted by atomic mass is 10.1. The number of halogens is 1.